The first kappa shape index (κ1) is 29.4. The Kier molecular flexibility index (Phi) is 9.06. The van der Waals surface area contributed by atoms with Crippen LogP contribution in [-0.2, 0) is 22.3 Å². The van der Waals surface area contributed by atoms with Crippen LogP contribution in [0.3, 0.4) is 0 Å². The molecule has 40 heavy (non-hydrogen) atoms. The van der Waals surface area contributed by atoms with Gasteiger partial charge < -0.3 is 24.2 Å². The summed E-state index contributed by atoms with van der Waals surface area (Å²) in [6, 6.07) is 18.1. The fourth-order valence-electron chi connectivity index (χ4n) is 4.87. The molecule has 0 fully saturated rings. The number of carbonyl (C=O) groups excluding carboxylic acids is 2. The quantitative estimate of drug-likeness (QED) is 0.309. The molecule has 212 valence electrons. The molecule has 0 aliphatic heterocycles. The second-order valence-corrected chi connectivity index (χ2v) is 11.5. The van der Waals surface area contributed by atoms with Crippen molar-refractivity contribution in [3.8, 4) is 11.5 Å². The van der Waals surface area contributed by atoms with Crippen LogP contribution in [0.25, 0.3) is 0 Å². The van der Waals surface area contributed by atoms with Gasteiger partial charge in [-0.05, 0) is 106 Å². The highest BCUT2D eigenvalue weighted by atomic mass is 35.5. The maximum Gasteiger partial charge on any atom is 0.410 e. The van der Waals surface area contributed by atoms with Crippen molar-refractivity contribution in [1.29, 1.82) is 0 Å². The number of aliphatic hydroxyl groups is 1. The van der Waals surface area contributed by atoms with Crippen molar-refractivity contribution >= 4 is 23.7 Å². The molecule has 8 heteroatoms. The summed E-state index contributed by atoms with van der Waals surface area (Å²) >= 11 is 6.14. The Morgan fingerprint density at radius 2 is 1.77 bits per heavy atom. The molecule has 4 rings (SSSR count). The Balaban J connectivity index is 1.56. The molecule has 0 heterocycles. The van der Waals surface area contributed by atoms with E-state index in [1.165, 1.54) is 12.7 Å². The van der Waals surface area contributed by atoms with E-state index in [0.717, 1.165) is 24.0 Å². The lowest BCUT2D eigenvalue weighted by Gasteiger charge is -2.37. The van der Waals surface area contributed by atoms with E-state index >= 15 is 0 Å². The van der Waals surface area contributed by atoms with Gasteiger partial charge in [0.15, 0.2) is 0 Å². The van der Waals surface area contributed by atoms with E-state index in [4.69, 9.17) is 25.8 Å². The number of aliphatic hydroxyl groups excluding tert-OH is 1. The van der Waals surface area contributed by atoms with Crippen molar-refractivity contribution < 1.29 is 28.9 Å². The molecule has 1 aliphatic carbocycles. The SMILES string of the molecule is COC(=O)c1cc(Oc2ccc3c(c2)C[C@@H](N(C[C@@H](O)c2cccc(Cl)c2)C(=O)OC(C)(C)C)CC3)ccc1C. The number of hydrogen-bond acceptors (Lipinski definition) is 6. The lowest BCUT2D eigenvalue weighted by atomic mass is 9.87. The van der Waals surface area contributed by atoms with Gasteiger partial charge in [0.05, 0.1) is 25.3 Å². The van der Waals surface area contributed by atoms with Gasteiger partial charge in [0.1, 0.15) is 17.1 Å². The molecule has 0 unspecified atom stereocenters. The minimum atomic E-state index is -0.923. The number of amides is 1. The van der Waals surface area contributed by atoms with Gasteiger partial charge in [0, 0.05) is 11.1 Å². The number of fused-ring (bicyclic) bond motifs is 1. The van der Waals surface area contributed by atoms with Crippen LogP contribution in [-0.4, -0.2) is 47.4 Å². The largest absolute Gasteiger partial charge is 0.465 e. The van der Waals surface area contributed by atoms with Crippen molar-refractivity contribution in [2.24, 2.45) is 0 Å². The number of rotatable bonds is 7. The van der Waals surface area contributed by atoms with Crippen LogP contribution in [0.1, 0.15) is 65.9 Å². The molecule has 7 nitrogen and oxygen atoms in total. The molecule has 2 atom stereocenters. The van der Waals surface area contributed by atoms with Gasteiger partial charge >= 0.3 is 12.1 Å². The standard InChI is InChI=1S/C32H36ClNO6/c1-20-9-13-27(18-28(20)30(36)38-5)39-26-14-11-21-10-12-25(16-23(21)17-26)34(31(37)40-32(2,3)4)19-29(35)22-7-6-8-24(33)15-22/h6-9,11,13-15,17-18,25,29,35H,10,12,16,19H2,1-5H3/t25-,29+/m0/s1. The average Bonchev–Trinajstić information content (AvgIpc) is 2.90. The Morgan fingerprint density at radius 1 is 1.05 bits per heavy atom. The molecule has 1 N–H and O–H groups in total. The van der Waals surface area contributed by atoms with Crippen LogP contribution in [0.5, 0.6) is 11.5 Å². The van der Waals surface area contributed by atoms with Gasteiger partial charge in [0.2, 0.25) is 0 Å². The predicted octanol–water partition coefficient (Wildman–Crippen LogP) is 7.06. The zero-order valence-electron chi connectivity index (χ0n) is 23.6. The summed E-state index contributed by atoms with van der Waals surface area (Å²) in [4.78, 5) is 27.1. The van der Waals surface area contributed by atoms with Gasteiger partial charge in [-0.15, -0.1) is 0 Å². The van der Waals surface area contributed by atoms with Crippen LogP contribution in [0.15, 0.2) is 60.7 Å². The van der Waals surface area contributed by atoms with E-state index in [9.17, 15) is 14.7 Å². The average molecular weight is 566 g/mol. The van der Waals surface area contributed by atoms with E-state index in [2.05, 4.69) is 0 Å². The summed E-state index contributed by atoms with van der Waals surface area (Å²) in [6.07, 6.45) is 0.686. The van der Waals surface area contributed by atoms with Crippen LogP contribution in [0.2, 0.25) is 5.02 Å². The van der Waals surface area contributed by atoms with Crippen LogP contribution < -0.4 is 4.74 Å². The summed E-state index contributed by atoms with van der Waals surface area (Å²) in [5.41, 5.74) is 3.44. The maximum absolute atomic E-state index is 13.4. The Labute approximate surface area is 240 Å². The van der Waals surface area contributed by atoms with Crippen LogP contribution in [0, 0.1) is 6.92 Å². The van der Waals surface area contributed by atoms with E-state index < -0.39 is 23.8 Å². The number of esters is 1. The fraction of sp³-hybridized carbons (Fsp3) is 0.375. The van der Waals surface area contributed by atoms with Gasteiger partial charge in [0.25, 0.3) is 0 Å². The third kappa shape index (κ3) is 7.34. The minimum Gasteiger partial charge on any atom is -0.465 e. The highest BCUT2D eigenvalue weighted by Crippen LogP contribution is 2.32. The van der Waals surface area contributed by atoms with Crippen LogP contribution in [0.4, 0.5) is 4.79 Å². The third-order valence-corrected chi connectivity index (χ3v) is 7.14. The zero-order valence-corrected chi connectivity index (χ0v) is 24.3. The molecule has 0 bridgehead atoms. The second-order valence-electron chi connectivity index (χ2n) is 11.1. The minimum absolute atomic E-state index is 0.0745. The Morgan fingerprint density at radius 3 is 2.48 bits per heavy atom. The lowest BCUT2D eigenvalue weighted by Crippen LogP contribution is -2.47. The first-order valence-corrected chi connectivity index (χ1v) is 13.7. The van der Waals surface area contributed by atoms with Crippen molar-refractivity contribution in [2.45, 2.75) is 64.7 Å². The number of aryl methyl sites for hydroxylation is 2. The number of ether oxygens (including phenoxy) is 3. The molecule has 3 aromatic rings. The van der Waals surface area contributed by atoms with Gasteiger partial charge in [-0.1, -0.05) is 35.9 Å². The summed E-state index contributed by atoms with van der Waals surface area (Å²) in [7, 11) is 1.35. The van der Waals surface area contributed by atoms with Crippen molar-refractivity contribution in [3.63, 3.8) is 0 Å². The number of hydrogen-bond donors (Lipinski definition) is 1. The van der Waals surface area contributed by atoms with E-state index in [-0.39, 0.29) is 12.6 Å². The molecule has 1 aliphatic rings. The van der Waals surface area contributed by atoms with E-state index in [1.54, 1.807) is 35.2 Å². The van der Waals surface area contributed by atoms with Crippen molar-refractivity contribution in [1.82, 2.24) is 4.90 Å². The Bertz CT molecular complexity index is 1380. The second kappa shape index (κ2) is 12.3. The third-order valence-electron chi connectivity index (χ3n) is 6.90. The first-order chi connectivity index (χ1) is 18.9. The molecule has 3 aromatic carbocycles. The molecule has 0 spiro atoms. The molecule has 1 amide bonds. The fourth-order valence-corrected chi connectivity index (χ4v) is 5.07. The topological polar surface area (TPSA) is 85.3 Å². The number of methoxy groups -OCH3 is 1. The number of halogens is 1. The molecular weight excluding hydrogens is 530 g/mol. The summed E-state index contributed by atoms with van der Waals surface area (Å²) in [5.74, 6) is 0.735. The normalized spacial score (nSPS) is 15.5. The number of carbonyl (C=O) groups is 2. The van der Waals surface area contributed by atoms with E-state index in [0.29, 0.717) is 34.1 Å². The molecule has 0 saturated carbocycles. The number of nitrogens with zero attached hydrogens (tertiary/aromatic N) is 1. The number of benzene rings is 3. The predicted molar refractivity (Wildman–Crippen MR) is 154 cm³/mol. The maximum atomic E-state index is 13.4. The molecule has 0 aromatic heterocycles. The van der Waals surface area contributed by atoms with Crippen molar-refractivity contribution in [3.05, 3.63) is 93.5 Å². The first-order valence-electron chi connectivity index (χ1n) is 13.4. The van der Waals surface area contributed by atoms with Crippen LogP contribution >= 0.6 is 11.6 Å². The van der Waals surface area contributed by atoms with E-state index in [1.807, 2.05) is 58.0 Å². The monoisotopic (exact) mass is 565 g/mol. The van der Waals surface area contributed by atoms with Gasteiger partial charge in [-0.25, -0.2) is 9.59 Å². The molecular formula is C32H36ClNO6. The Hall–Kier alpha value is -3.55. The highest BCUT2D eigenvalue weighted by Gasteiger charge is 2.33. The van der Waals surface area contributed by atoms with Crippen molar-refractivity contribution in [2.75, 3.05) is 13.7 Å². The highest BCUT2D eigenvalue weighted by molar-refractivity contribution is 6.30. The zero-order chi connectivity index (χ0) is 29.0. The summed E-state index contributed by atoms with van der Waals surface area (Å²) in [6.45, 7) is 7.40. The lowest BCUT2D eigenvalue weighted by molar-refractivity contribution is 0.00194. The summed E-state index contributed by atoms with van der Waals surface area (Å²) < 4.78 is 16.7. The smallest absolute Gasteiger partial charge is 0.410 e. The summed E-state index contributed by atoms with van der Waals surface area (Å²) in [5, 5.41) is 11.6. The van der Waals surface area contributed by atoms with Gasteiger partial charge in [-0.2, -0.15) is 0 Å². The molecule has 0 radical (unpaired) electrons. The van der Waals surface area contributed by atoms with Gasteiger partial charge in [-0.3, -0.25) is 0 Å². The molecule has 0 saturated heterocycles.